The first kappa shape index (κ1) is 20.4. The predicted molar refractivity (Wildman–Crippen MR) is 105 cm³/mol. The fourth-order valence-electron chi connectivity index (χ4n) is 2.43. The summed E-state index contributed by atoms with van der Waals surface area (Å²) in [5.41, 5.74) is 1.22. The third kappa shape index (κ3) is 5.55. The van der Waals surface area contributed by atoms with Gasteiger partial charge in [-0.25, -0.2) is 8.42 Å². The SMILES string of the molecule is CCOc1ccccc1NC(=O)CN(c1ccc(C(C)=O)cc1)S(C)(=O)=O. The van der Waals surface area contributed by atoms with Gasteiger partial charge in [0, 0.05) is 5.56 Å². The first-order valence-corrected chi connectivity index (χ1v) is 10.2. The Morgan fingerprint density at radius 1 is 1.07 bits per heavy atom. The molecule has 0 heterocycles. The monoisotopic (exact) mass is 390 g/mol. The van der Waals surface area contributed by atoms with E-state index in [2.05, 4.69) is 5.32 Å². The van der Waals surface area contributed by atoms with Gasteiger partial charge in [-0.15, -0.1) is 0 Å². The fraction of sp³-hybridized carbons (Fsp3) is 0.263. The summed E-state index contributed by atoms with van der Waals surface area (Å²) in [6.45, 7) is 3.28. The molecule has 8 heteroatoms. The molecule has 0 saturated heterocycles. The second kappa shape index (κ2) is 8.68. The summed E-state index contributed by atoms with van der Waals surface area (Å²) in [5, 5.41) is 2.67. The molecule has 2 aromatic carbocycles. The Balaban J connectivity index is 2.22. The lowest BCUT2D eigenvalue weighted by Gasteiger charge is -2.22. The summed E-state index contributed by atoms with van der Waals surface area (Å²) in [4.78, 5) is 23.8. The summed E-state index contributed by atoms with van der Waals surface area (Å²) in [7, 11) is -3.70. The molecule has 7 nitrogen and oxygen atoms in total. The Labute approximate surface area is 159 Å². The molecule has 0 saturated carbocycles. The van der Waals surface area contributed by atoms with E-state index >= 15 is 0 Å². The number of ether oxygens (including phenoxy) is 1. The standard InChI is InChI=1S/C19H22N2O5S/c1-4-26-18-8-6-5-7-17(18)20-19(23)13-21(27(3,24)25)16-11-9-15(10-12-16)14(2)22/h5-12H,4,13H2,1-3H3,(H,20,23). The smallest absolute Gasteiger partial charge is 0.245 e. The number of para-hydroxylation sites is 2. The van der Waals surface area contributed by atoms with Crippen molar-refractivity contribution in [2.24, 2.45) is 0 Å². The van der Waals surface area contributed by atoms with Crippen LogP contribution in [0.1, 0.15) is 24.2 Å². The number of carbonyl (C=O) groups excluding carboxylic acids is 2. The molecule has 0 aliphatic rings. The quantitative estimate of drug-likeness (QED) is 0.700. The Morgan fingerprint density at radius 2 is 1.70 bits per heavy atom. The average molecular weight is 390 g/mol. The van der Waals surface area contributed by atoms with Crippen LogP contribution < -0.4 is 14.4 Å². The zero-order valence-corrected chi connectivity index (χ0v) is 16.2. The molecule has 0 unspecified atom stereocenters. The zero-order valence-electron chi connectivity index (χ0n) is 15.4. The molecule has 0 spiro atoms. The highest BCUT2D eigenvalue weighted by molar-refractivity contribution is 7.92. The van der Waals surface area contributed by atoms with E-state index in [9.17, 15) is 18.0 Å². The van der Waals surface area contributed by atoms with Crippen molar-refractivity contribution in [1.29, 1.82) is 0 Å². The molecule has 2 aromatic rings. The Hall–Kier alpha value is -2.87. The largest absolute Gasteiger partial charge is 0.492 e. The first-order valence-electron chi connectivity index (χ1n) is 8.32. The number of anilines is 2. The van der Waals surface area contributed by atoms with Crippen molar-refractivity contribution in [3.05, 3.63) is 54.1 Å². The van der Waals surface area contributed by atoms with Gasteiger partial charge in [0.05, 0.1) is 24.2 Å². The van der Waals surface area contributed by atoms with E-state index in [0.29, 0.717) is 29.3 Å². The second-order valence-corrected chi connectivity index (χ2v) is 7.76. The van der Waals surface area contributed by atoms with Crippen molar-refractivity contribution in [3.63, 3.8) is 0 Å². The van der Waals surface area contributed by atoms with Gasteiger partial charge in [-0.05, 0) is 50.2 Å². The van der Waals surface area contributed by atoms with Crippen molar-refractivity contribution in [1.82, 2.24) is 0 Å². The third-order valence-corrected chi connectivity index (χ3v) is 4.85. The molecule has 0 atom stereocenters. The Kier molecular flexibility index (Phi) is 6.57. The lowest BCUT2D eigenvalue weighted by atomic mass is 10.1. The van der Waals surface area contributed by atoms with Gasteiger partial charge < -0.3 is 10.1 Å². The highest BCUT2D eigenvalue weighted by Crippen LogP contribution is 2.24. The van der Waals surface area contributed by atoms with E-state index in [1.165, 1.54) is 31.2 Å². The highest BCUT2D eigenvalue weighted by atomic mass is 32.2. The number of ketones is 1. The van der Waals surface area contributed by atoms with Gasteiger partial charge in [-0.3, -0.25) is 13.9 Å². The number of sulfonamides is 1. The van der Waals surface area contributed by atoms with Gasteiger partial charge in [0.15, 0.2) is 5.78 Å². The van der Waals surface area contributed by atoms with Crippen molar-refractivity contribution in [3.8, 4) is 5.75 Å². The summed E-state index contributed by atoms with van der Waals surface area (Å²) < 4.78 is 30.8. The van der Waals surface area contributed by atoms with Crippen LogP contribution in [0.3, 0.4) is 0 Å². The number of rotatable bonds is 8. The van der Waals surface area contributed by atoms with Gasteiger partial charge in [0.2, 0.25) is 15.9 Å². The summed E-state index contributed by atoms with van der Waals surface area (Å²) >= 11 is 0. The number of nitrogens with zero attached hydrogens (tertiary/aromatic N) is 1. The van der Waals surface area contributed by atoms with Crippen LogP contribution >= 0.6 is 0 Å². The minimum atomic E-state index is -3.70. The molecule has 2 rings (SSSR count). The van der Waals surface area contributed by atoms with Crippen LogP contribution in [-0.4, -0.2) is 39.5 Å². The van der Waals surface area contributed by atoms with E-state index in [1.54, 1.807) is 24.3 Å². The van der Waals surface area contributed by atoms with Crippen molar-refractivity contribution in [2.75, 3.05) is 29.0 Å². The van der Waals surface area contributed by atoms with Crippen LogP contribution in [0, 0.1) is 0 Å². The molecule has 1 N–H and O–H groups in total. The lowest BCUT2D eigenvalue weighted by Crippen LogP contribution is -2.37. The van der Waals surface area contributed by atoms with E-state index in [1.807, 2.05) is 6.92 Å². The minimum Gasteiger partial charge on any atom is -0.492 e. The topological polar surface area (TPSA) is 92.8 Å². The second-order valence-electron chi connectivity index (χ2n) is 5.85. The van der Waals surface area contributed by atoms with Crippen LogP contribution in [0.25, 0.3) is 0 Å². The molecule has 0 aliphatic heterocycles. The number of Topliss-reactive ketones (excluding diaryl/α,β-unsaturated/α-hetero) is 1. The normalized spacial score (nSPS) is 10.9. The lowest BCUT2D eigenvalue weighted by molar-refractivity contribution is -0.114. The first-order chi connectivity index (χ1) is 12.7. The number of amides is 1. The van der Waals surface area contributed by atoms with Gasteiger partial charge in [0.25, 0.3) is 0 Å². The van der Waals surface area contributed by atoms with Gasteiger partial charge >= 0.3 is 0 Å². The molecule has 27 heavy (non-hydrogen) atoms. The number of hydrogen-bond donors (Lipinski definition) is 1. The number of nitrogens with one attached hydrogen (secondary N) is 1. The van der Waals surface area contributed by atoms with Crippen molar-refractivity contribution >= 4 is 33.1 Å². The summed E-state index contributed by atoms with van der Waals surface area (Å²) in [5.74, 6) is -0.133. The molecule has 0 bridgehead atoms. The molecular weight excluding hydrogens is 368 g/mol. The van der Waals surface area contributed by atoms with E-state index in [4.69, 9.17) is 4.74 Å². The maximum atomic E-state index is 12.4. The molecule has 0 radical (unpaired) electrons. The van der Waals surface area contributed by atoms with Crippen LogP contribution in [-0.2, 0) is 14.8 Å². The zero-order chi connectivity index (χ0) is 20.0. The van der Waals surface area contributed by atoms with Gasteiger partial charge in [0.1, 0.15) is 12.3 Å². The number of carbonyl (C=O) groups is 2. The van der Waals surface area contributed by atoms with Crippen LogP contribution in [0.2, 0.25) is 0 Å². The number of hydrogen-bond acceptors (Lipinski definition) is 5. The predicted octanol–water partition coefficient (Wildman–Crippen LogP) is 2.69. The molecule has 144 valence electrons. The summed E-state index contributed by atoms with van der Waals surface area (Å²) in [6, 6.07) is 13.0. The van der Waals surface area contributed by atoms with Crippen LogP contribution in [0.4, 0.5) is 11.4 Å². The molecule has 1 amide bonds. The maximum absolute atomic E-state index is 12.4. The molecule has 0 fully saturated rings. The van der Waals surface area contributed by atoms with E-state index in [-0.39, 0.29) is 5.78 Å². The fourth-order valence-corrected chi connectivity index (χ4v) is 3.29. The average Bonchev–Trinajstić information content (AvgIpc) is 2.61. The van der Waals surface area contributed by atoms with Gasteiger partial charge in [-0.2, -0.15) is 0 Å². The van der Waals surface area contributed by atoms with E-state index in [0.717, 1.165) is 10.6 Å². The van der Waals surface area contributed by atoms with E-state index < -0.39 is 22.5 Å². The van der Waals surface area contributed by atoms with Crippen molar-refractivity contribution < 1.29 is 22.7 Å². The molecule has 0 aromatic heterocycles. The Morgan fingerprint density at radius 3 is 2.26 bits per heavy atom. The Bertz CT molecular complexity index is 923. The van der Waals surface area contributed by atoms with Gasteiger partial charge in [-0.1, -0.05) is 12.1 Å². The minimum absolute atomic E-state index is 0.127. The maximum Gasteiger partial charge on any atom is 0.245 e. The molecule has 0 aliphatic carbocycles. The van der Waals surface area contributed by atoms with Crippen LogP contribution in [0.5, 0.6) is 5.75 Å². The summed E-state index contributed by atoms with van der Waals surface area (Å²) in [6.07, 6.45) is 1.02. The third-order valence-electron chi connectivity index (χ3n) is 3.71. The molecular formula is C19H22N2O5S. The number of benzene rings is 2. The highest BCUT2D eigenvalue weighted by Gasteiger charge is 2.21. The van der Waals surface area contributed by atoms with Crippen LogP contribution in [0.15, 0.2) is 48.5 Å². The van der Waals surface area contributed by atoms with Crippen molar-refractivity contribution in [2.45, 2.75) is 13.8 Å².